The number of halogens is 1. The van der Waals surface area contributed by atoms with Crippen LogP contribution in [0.3, 0.4) is 0 Å². The van der Waals surface area contributed by atoms with Crippen LogP contribution in [-0.2, 0) is 12.8 Å². The smallest absolute Gasteiger partial charge is 0.162 e. The molecule has 2 aliphatic heterocycles. The highest BCUT2D eigenvalue weighted by Crippen LogP contribution is 2.22. The number of likely N-dealkylation sites (N-methyl/N-ethyl adjacent to an activating group) is 1. The largest absolute Gasteiger partial charge is 0.317 e. The monoisotopic (exact) mass is 350 g/mol. The third-order valence-corrected chi connectivity index (χ3v) is 5.61. The molecule has 2 aliphatic rings. The summed E-state index contributed by atoms with van der Waals surface area (Å²) in [5.41, 5.74) is 3.77. The van der Waals surface area contributed by atoms with Crippen molar-refractivity contribution < 1.29 is 4.79 Å². The molecule has 0 radical (unpaired) electrons. The van der Waals surface area contributed by atoms with Gasteiger partial charge in [-0.25, -0.2) is 0 Å². The number of hydrogen-bond donors (Lipinski definition) is 1. The summed E-state index contributed by atoms with van der Waals surface area (Å²) < 4.78 is 0. The Morgan fingerprint density at radius 3 is 2.58 bits per heavy atom. The van der Waals surface area contributed by atoms with E-state index >= 15 is 0 Å². The molecule has 4 heteroatoms. The fourth-order valence-corrected chi connectivity index (χ4v) is 3.91. The molecule has 0 aromatic heterocycles. The number of fused-ring (bicyclic) bond motifs is 1. The van der Waals surface area contributed by atoms with Gasteiger partial charge in [0, 0.05) is 25.1 Å². The summed E-state index contributed by atoms with van der Waals surface area (Å²) in [7, 11) is 0. The van der Waals surface area contributed by atoms with E-state index < -0.39 is 0 Å². The number of ketones is 1. The van der Waals surface area contributed by atoms with E-state index in [4.69, 9.17) is 0 Å². The number of nitrogens with one attached hydrogen (secondary N) is 1. The normalized spacial score (nSPS) is 19.2. The van der Waals surface area contributed by atoms with Gasteiger partial charge >= 0.3 is 0 Å². The van der Waals surface area contributed by atoms with Gasteiger partial charge in [0.05, 0.1) is 0 Å². The molecule has 1 aromatic rings. The Morgan fingerprint density at radius 2 is 1.88 bits per heavy atom. The van der Waals surface area contributed by atoms with Crippen LogP contribution in [0.5, 0.6) is 0 Å². The van der Waals surface area contributed by atoms with Gasteiger partial charge in [-0.3, -0.25) is 4.79 Å². The second-order valence-electron chi connectivity index (χ2n) is 7.07. The van der Waals surface area contributed by atoms with Gasteiger partial charge in [-0.2, -0.15) is 0 Å². The zero-order chi connectivity index (χ0) is 16.1. The standard InChI is InChI=1S/C20H30N2O.ClH/c1-2-22-13-9-17-4-5-19(15-18(17)10-14-22)20(23)6-3-16-7-11-21-12-8-16;/h4-5,15-16,21H,2-3,6-14H2,1H3;1H. The van der Waals surface area contributed by atoms with Crippen LogP contribution in [0.15, 0.2) is 18.2 Å². The maximum Gasteiger partial charge on any atom is 0.162 e. The second kappa shape index (κ2) is 9.55. The van der Waals surface area contributed by atoms with Crippen molar-refractivity contribution in [2.24, 2.45) is 5.92 Å². The number of carbonyl (C=O) groups excluding carboxylic acids is 1. The molecule has 0 unspecified atom stereocenters. The van der Waals surface area contributed by atoms with Crippen molar-refractivity contribution in [3.8, 4) is 0 Å². The highest BCUT2D eigenvalue weighted by molar-refractivity contribution is 5.96. The fourth-order valence-electron chi connectivity index (χ4n) is 3.91. The van der Waals surface area contributed by atoms with E-state index in [2.05, 4.69) is 35.3 Å². The molecule has 1 aromatic carbocycles. The van der Waals surface area contributed by atoms with Crippen molar-refractivity contribution in [2.45, 2.75) is 45.4 Å². The van der Waals surface area contributed by atoms with Crippen LogP contribution in [0.4, 0.5) is 0 Å². The summed E-state index contributed by atoms with van der Waals surface area (Å²) in [6, 6.07) is 6.44. The third-order valence-electron chi connectivity index (χ3n) is 5.61. The number of rotatable bonds is 5. The first kappa shape index (κ1) is 19.4. The van der Waals surface area contributed by atoms with E-state index in [9.17, 15) is 4.79 Å². The summed E-state index contributed by atoms with van der Waals surface area (Å²) in [4.78, 5) is 15.1. The molecule has 0 aliphatic carbocycles. The highest BCUT2D eigenvalue weighted by atomic mass is 35.5. The molecular formula is C20H31ClN2O. The third kappa shape index (κ3) is 5.05. The van der Waals surface area contributed by atoms with E-state index in [1.54, 1.807) is 0 Å². The Labute approximate surface area is 152 Å². The van der Waals surface area contributed by atoms with Crippen molar-refractivity contribution >= 4 is 18.2 Å². The maximum atomic E-state index is 12.6. The van der Waals surface area contributed by atoms with Crippen LogP contribution in [0.25, 0.3) is 0 Å². The van der Waals surface area contributed by atoms with Gasteiger partial charge in [-0.05, 0) is 74.8 Å². The molecule has 1 fully saturated rings. The molecule has 3 rings (SSSR count). The quantitative estimate of drug-likeness (QED) is 0.825. The Kier molecular flexibility index (Phi) is 7.73. The van der Waals surface area contributed by atoms with Crippen molar-refractivity contribution in [2.75, 3.05) is 32.7 Å². The lowest BCUT2D eigenvalue weighted by molar-refractivity contribution is 0.0970. The number of hydrogen-bond acceptors (Lipinski definition) is 3. The van der Waals surface area contributed by atoms with Gasteiger partial charge in [0.2, 0.25) is 0 Å². The van der Waals surface area contributed by atoms with Crippen molar-refractivity contribution in [1.82, 2.24) is 10.2 Å². The summed E-state index contributed by atoms with van der Waals surface area (Å²) in [5.74, 6) is 1.07. The molecule has 24 heavy (non-hydrogen) atoms. The number of carbonyl (C=O) groups is 1. The van der Waals surface area contributed by atoms with Crippen LogP contribution in [0.1, 0.15) is 54.1 Å². The molecule has 1 N–H and O–H groups in total. The average molecular weight is 351 g/mol. The lowest BCUT2D eigenvalue weighted by Gasteiger charge is -2.22. The lowest BCUT2D eigenvalue weighted by atomic mass is 9.90. The summed E-state index contributed by atoms with van der Waals surface area (Å²) in [6.45, 7) is 7.85. The van der Waals surface area contributed by atoms with Crippen molar-refractivity contribution in [1.29, 1.82) is 0 Å². The Balaban J connectivity index is 0.00000208. The Hall–Kier alpha value is -0.900. The van der Waals surface area contributed by atoms with E-state index in [1.165, 1.54) is 24.0 Å². The molecule has 134 valence electrons. The fraction of sp³-hybridized carbons (Fsp3) is 0.650. The van der Waals surface area contributed by atoms with Gasteiger partial charge in [0.25, 0.3) is 0 Å². The van der Waals surface area contributed by atoms with Gasteiger partial charge in [0.15, 0.2) is 5.78 Å². The average Bonchev–Trinajstić information content (AvgIpc) is 2.82. The van der Waals surface area contributed by atoms with Crippen LogP contribution in [0.2, 0.25) is 0 Å². The van der Waals surface area contributed by atoms with Crippen LogP contribution >= 0.6 is 12.4 Å². The topological polar surface area (TPSA) is 32.3 Å². The number of piperidine rings is 1. The molecule has 0 atom stereocenters. The van der Waals surface area contributed by atoms with E-state index in [-0.39, 0.29) is 12.4 Å². The molecule has 0 saturated carbocycles. The summed E-state index contributed by atoms with van der Waals surface area (Å²) >= 11 is 0. The summed E-state index contributed by atoms with van der Waals surface area (Å²) in [6.07, 6.45) is 6.42. The Bertz CT molecular complexity index is 540. The SMILES string of the molecule is CCN1CCc2ccc(C(=O)CCC3CCNCC3)cc2CC1.Cl. The van der Waals surface area contributed by atoms with Gasteiger partial charge in [0.1, 0.15) is 0 Å². The molecule has 0 amide bonds. The van der Waals surface area contributed by atoms with E-state index in [0.29, 0.717) is 12.2 Å². The summed E-state index contributed by atoms with van der Waals surface area (Å²) in [5, 5.41) is 3.39. The first-order valence-electron chi connectivity index (χ1n) is 9.34. The van der Waals surface area contributed by atoms with Crippen LogP contribution < -0.4 is 5.32 Å². The van der Waals surface area contributed by atoms with Gasteiger partial charge < -0.3 is 10.2 Å². The molecule has 2 heterocycles. The van der Waals surface area contributed by atoms with Crippen LogP contribution in [0, 0.1) is 5.92 Å². The lowest BCUT2D eigenvalue weighted by Crippen LogP contribution is -2.28. The molecule has 0 bridgehead atoms. The first-order valence-corrected chi connectivity index (χ1v) is 9.34. The van der Waals surface area contributed by atoms with Gasteiger partial charge in [-0.1, -0.05) is 19.1 Å². The predicted molar refractivity (Wildman–Crippen MR) is 102 cm³/mol. The molecule has 1 saturated heterocycles. The molecular weight excluding hydrogens is 320 g/mol. The minimum absolute atomic E-state index is 0. The van der Waals surface area contributed by atoms with E-state index in [0.717, 1.165) is 63.5 Å². The second-order valence-corrected chi connectivity index (χ2v) is 7.07. The van der Waals surface area contributed by atoms with E-state index in [1.807, 2.05) is 0 Å². The van der Waals surface area contributed by atoms with Crippen molar-refractivity contribution in [3.63, 3.8) is 0 Å². The van der Waals surface area contributed by atoms with Crippen LogP contribution in [-0.4, -0.2) is 43.4 Å². The predicted octanol–water partition coefficient (Wildman–Crippen LogP) is 3.49. The molecule has 3 nitrogen and oxygen atoms in total. The minimum atomic E-state index is 0. The zero-order valence-electron chi connectivity index (χ0n) is 14.9. The number of benzene rings is 1. The van der Waals surface area contributed by atoms with Gasteiger partial charge in [-0.15, -0.1) is 12.4 Å². The first-order chi connectivity index (χ1) is 11.3. The number of nitrogens with zero attached hydrogens (tertiary/aromatic N) is 1. The maximum absolute atomic E-state index is 12.6. The number of Topliss-reactive ketones (excluding diaryl/α,β-unsaturated/α-hetero) is 1. The van der Waals surface area contributed by atoms with Crippen molar-refractivity contribution in [3.05, 3.63) is 34.9 Å². The highest BCUT2D eigenvalue weighted by Gasteiger charge is 2.17. The molecule has 0 spiro atoms. The Morgan fingerprint density at radius 1 is 1.17 bits per heavy atom. The minimum Gasteiger partial charge on any atom is -0.317 e. The zero-order valence-corrected chi connectivity index (χ0v) is 15.7.